The molecule has 0 radical (unpaired) electrons. The Bertz CT molecular complexity index is 513. The highest BCUT2D eigenvalue weighted by atomic mass is 16.6. The summed E-state index contributed by atoms with van der Waals surface area (Å²) in [4.78, 5) is 28.9. The summed E-state index contributed by atoms with van der Waals surface area (Å²) in [6.07, 6.45) is 0. The normalized spacial score (nSPS) is 11.1. The van der Waals surface area contributed by atoms with E-state index in [9.17, 15) is 14.9 Å². The van der Waals surface area contributed by atoms with Crippen LogP contribution >= 0.6 is 0 Å². The lowest BCUT2D eigenvalue weighted by atomic mass is 10.1. The molecule has 9 heteroatoms. The van der Waals surface area contributed by atoms with Gasteiger partial charge in [-0.25, -0.2) is 4.98 Å². The molecular formula is C9H14N6O3. The maximum absolute atomic E-state index is 11.2. The van der Waals surface area contributed by atoms with E-state index in [4.69, 9.17) is 11.5 Å². The van der Waals surface area contributed by atoms with E-state index >= 15 is 0 Å². The molecule has 18 heavy (non-hydrogen) atoms. The van der Waals surface area contributed by atoms with Crippen LogP contribution in [0, 0.1) is 17.0 Å². The molecule has 0 atom stereocenters. The molecule has 9 nitrogen and oxygen atoms in total. The molecular weight excluding hydrogens is 240 g/mol. The fourth-order valence-electron chi connectivity index (χ4n) is 1.25. The van der Waals surface area contributed by atoms with E-state index in [2.05, 4.69) is 15.3 Å². The Hall–Kier alpha value is -2.45. The van der Waals surface area contributed by atoms with Crippen molar-refractivity contribution in [2.75, 3.05) is 11.1 Å². The third-order valence-corrected chi connectivity index (χ3v) is 2.31. The van der Waals surface area contributed by atoms with E-state index in [0.29, 0.717) is 0 Å². The number of nitrogens with zero attached hydrogens (tertiary/aromatic N) is 3. The highest BCUT2D eigenvalue weighted by Crippen LogP contribution is 2.28. The number of primary amides is 1. The number of nitro groups is 1. The maximum atomic E-state index is 11.2. The van der Waals surface area contributed by atoms with Crippen LogP contribution in [0.3, 0.4) is 0 Å². The molecule has 0 aliphatic rings. The summed E-state index contributed by atoms with van der Waals surface area (Å²) in [7, 11) is 0. The largest absolute Gasteiger partial charge is 0.368 e. The summed E-state index contributed by atoms with van der Waals surface area (Å²) < 4.78 is 0. The van der Waals surface area contributed by atoms with Crippen molar-refractivity contribution in [3.63, 3.8) is 0 Å². The standard InChI is InChI=1S/C9H14N6O3/c1-4-5(15(17)18)6(13-8(11)12-4)14-9(2,3)7(10)16/h1-3H3,(H2,10,16)(H3,11,12,13,14). The van der Waals surface area contributed by atoms with Crippen molar-refractivity contribution in [3.8, 4) is 0 Å². The molecule has 0 spiro atoms. The monoisotopic (exact) mass is 254 g/mol. The van der Waals surface area contributed by atoms with Gasteiger partial charge in [0.2, 0.25) is 17.7 Å². The van der Waals surface area contributed by atoms with E-state index in [0.717, 1.165) is 0 Å². The summed E-state index contributed by atoms with van der Waals surface area (Å²) in [6, 6.07) is 0. The van der Waals surface area contributed by atoms with Gasteiger partial charge in [-0.3, -0.25) is 14.9 Å². The number of nitrogens with one attached hydrogen (secondary N) is 1. The Kier molecular flexibility index (Phi) is 3.35. The van der Waals surface area contributed by atoms with Crippen LogP contribution in [0.5, 0.6) is 0 Å². The number of hydrogen-bond acceptors (Lipinski definition) is 7. The second-order valence-corrected chi connectivity index (χ2v) is 4.24. The Labute approximate surface area is 103 Å². The van der Waals surface area contributed by atoms with Crippen molar-refractivity contribution in [1.82, 2.24) is 9.97 Å². The third kappa shape index (κ3) is 2.62. The van der Waals surface area contributed by atoms with Crippen LogP contribution in [0.2, 0.25) is 0 Å². The highest BCUT2D eigenvalue weighted by Gasteiger charge is 2.30. The lowest BCUT2D eigenvalue weighted by Gasteiger charge is -2.22. The van der Waals surface area contributed by atoms with E-state index in [-0.39, 0.29) is 23.1 Å². The fraction of sp³-hybridized carbons (Fsp3) is 0.444. The highest BCUT2D eigenvalue weighted by molar-refractivity contribution is 5.87. The Morgan fingerprint density at radius 1 is 1.44 bits per heavy atom. The van der Waals surface area contributed by atoms with Crippen LogP contribution in [-0.4, -0.2) is 26.3 Å². The summed E-state index contributed by atoms with van der Waals surface area (Å²) in [6.45, 7) is 4.39. The Balaban J connectivity index is 3.32. The molecule has 0 fully saturated rings. The Morgan fingerprint density at radius 2 is 2.00 bits per heavy atom. The molecule has 0 saturated carbocycles. The zero-order valence-electron chi connectivity index (χ0n) is 10.2. The quantitative estimate of drug-likeness (QED) is 0.503. The van der Waals surface area contributed by atoms with Crippen molar-refractivity contribution >= 4 is 23.4 Å². The van der Waals surface area contributed by atoms with Gasteiger partial charge in [-0.15, -0.1) is 0 Å². The van der Waals surface area contributed by atoms with E-state index in [1.165, 1.54) is 20.8 Å². The minimum absolute atomic E-state index is 0.107. The van der Waals surface area contributed by atoms with Crippen LogP contribution in [0.1, 0.15) is 19.5 Å². The molecule has 98 valence electrons. The van der Waals surface area contributed by atoms with E-state index in [1.807, 2.05) is 0 Å². The number of anilines is 2. The van der Waals surface area contributed by atoms with Crippen molar-refractivity contribution in [2.24, 2.45) is 5.73 Å². The van der Waals surface area contributed by atoms with Crippen LogP contribution in [-0.2, 0) is 4.79 Å². The number of hydrogen-bond donors (Lipinski definition) is 3. The molecule has 0 unspecified atom stereocenters. The van der Waals surface area contributed by atoms with Gasteiger partial charge in [0.15, 0.2) is 0 Å². The number of carbonyl (C=O) groups is 1. The van der Waals surface area contributed by atoms with E-state index in [1.54, 1.807) is 0 Å². The molecule has 1 rings (SSSR count). The minimum Gasteiger partial charge on any atom is -0.368 e. The number of rotatable bonds is 4. The van der Waals surface area contributed by atoms with Crippen LogP contribution < -0.4 is 16.8 Å². The maximum Gasteiger partial charge on any atom is 0.332 e. The van der Waals surface area contributed by atoms with Crippen molar-refractivity contribution in [3.05, 3.63) is 15.8 Å². The predicted octanol–water partition coefficient (Wildman–Crippen LogP) is -0.0488. The summed E-state index contributed by atoms with van der Waals surface area (Å²) in [5, 5.41) is 13.5. The van der Waals surface area contributed by atoms with Gasteiger partial charge >= 0.3 is 5.69 Å². The number of aromatic nitrogens is 2. The van der Waals surface area contributed by atoms with Crippen LogP contribution in [0.4, 0.5) is 17.5 Å². The fourth-order valence-corrected chi connectivity index (χ4v) is 1.25. The topological polar surface area (TPSA) is 150 Å². The van der Waals surface area contributed by atoms with Crippen molar-refractivity contribution in [2.45, 2.75) is 26.3 Å². The minimum atomic E-state index is -1.20. The first kappa shape index (κ1) is 13.6. The lowest BCUT2D eigenvalue weighted by Crippen LogP contribution is -2.45. The van der Waals surface area contributed by atoms with Gasteiger partial charge in [0.1, 0.15) is 11.2 Å². The third-order valence-electron chi connectivity index (χ3n) is 2.31. The van der Waals surface area contributed by atoms with Crippen molar-refractivity contribution < 1.29 is 9.72 Å². The smallest absolute Gasteiger partial charge is 0.332 e. The van der Waals surface area contributed by atoms with Gasteiger partial charge < -0.3 is 16.8 Å². The van der Waals surface area contributed by atoms with Gasteiger partial charge in [-0.05, 0) is 20.8 Å². The molecule has 0 bridgehead atoms. The van der Waals surface area contributed by atoms with Gasteiger partial charge in [0.25, 0.3) is 0 Å². The van der Waals surface area contributed by atoms with E-state index < -0.39 is 16.4 Å². The SMILES string of the molecule is Cc1nc(N)nc(NC(C)(C)C(N)=O)c1[N+](=O)[O-]. The van der Waals surface area contributed by atoms with Gasteiger partial charge in [-0.2, -0.15) is 4.98 Å². The van der Waals surface area contributed by atoms with Crippen molar-refractivity contribution in [1.29, 1.82) is 0 Å². The molecule has 1 amide bonds. The first-order valence-corrected chi connectivity index (χ1v) is 5.01. The average Bonchev–Trinajstić information content (AvgIpc) is 2.13. The molecule has 1 aromatic heterocycles. The predicted molar refractivity (Wildman–Crippen MR) is 64.7 cm³/mol. The number of carbonyl (C=O) groups excluding carboxylic acids is 1. The first-order chi connectivity index (χ1) is 8.15. The zero-order chi connectivity index (χ0) is 14.1. The number of amides is 1. The average molecular weight is 254 g/mol. The molecule has 0 aliphatic heterocycles. The summed E-state index contributed by atoms with van der Waals surface area (Å²) in [5.41, 5.74) is 9.17. The number of nitrogens with two attached hydrogens (primary N) is 2. The zero-order valence-corrected chi connectivity index (χ0v) is 10.2. The molecule has 0 aromatic carbocycles. The lowest BCUT2D eigenvalue weighted by molar-refractivity contribution is -0.385. The molecule has 1 heterocycles. The van der Waals surface area contributed by atoms with Gasteiger partial charge in [-0.1, -0.05) is 0 Å². The van der Waals surface area contributed by atoms with Gasteiger partial charge in [0, 0.05) is 0 Å². The van der Waals surface area contributed by atoms with Gasteiger partial charge in [0.05, 0.1) is 4.92 Å². The number of aryl methyl sites for hydroxylation is 1. The Morgan fingerprint density at radius 3 is 2.44 bits per heavy atom. The second-order valence-electron chi connectivity index (χ2n) is 4.24. The first-order valence-electron chi connectivity index (χ1n) is 5.01. The molecule has 0 saturated heterocycles. The molecule has 0 aliphatic carbocycles. The molecule has 5 N–H and O–H groups in total. The molecule has 1 aromatic rings. The summed E-state index contributed by atoms with van der Waals surface area (Å²) in [5.74, 6) is -0.929. The van der Waals surface area contributed by atoms with Crippen LogP contribution in [0.15, 0.2) is 0 Å². The summed E-state index contributed by atoms with van der Waals surface area (Å²) >= 11 is 0. The van der Waals surface area contributed by atoms with Crippen LogP contribution in [0.25, 0.3) is 0 Å². The second kappa shape index (κ2) is 4.43. The number of nitrogen functional groups attached to an aromatic ring is 1.